The average molecular weight is 313 g/mol. The molecule has 0 aliphatic heterocycles. The van der Waals surface area contributed by atoms with Gasteiger partial charge < -0.3 is 15.4 Å². The SMILES string of the molecule is CCCNCc1cccc(Cl)c1OC(C)C(=O)NCCC. The van der Waals surface area contributed by atoms with E-state index in [0.29, 0.717) is 23.9 Å². The third-order valence-electron chi connectivity index (χ3n) is 3.00. The van der Waals surface area contributed by atoms with Crippen LogP contribution in [-0.2, 0) is 11.3 Å². The number of rotatable bonds is 9. The number of amides is 1. The van der Waals surface area contributed by atoms with Crippen LogP contribution in [0, 0.1) is 0 Å². The molecule has 118 valence electrons. The largest absolute Gasteiger partial charge is 0.479 e. The van der Waals surface area contributed by atoms with Gasteiger partial charge in [-0.1, -0.05) is 37.6 Å². The standard InChI is InChI=1S/C16H25ClN2O2/c1-4-9-18-11-13-7-6-8-14(17)15(13)21-12(3)16(20)19-10-5-2/h6-8,12,18H,4-5,9-11H2,1-3H3,(H,19,20). The zero-order valence-corrected chi connectivity index (χ0v) is 13.8. The van der Waals surface area contributed by atoms with Gasteiger partial charge in [-0.05, 0) is 32.4 Å². The summed E-state index contributed by atoms with van der Waals surface area (Å²) in [6, 6.07) is 5.62. The molecule has 1 amide bonds. The molecule has 5 heteroatoms. The first-order valence-corrected chi connectivity index (χ1v) is 7.90. The number of hydrogen-bond acceptors (Lipinski definition) is 3. The number of halogens is 1. The minimum Gasteiger partial charge on any atom is -0.479 e. The lowest BCUT2D eigenvalue weighted by Gasteiger charge is -2.18. The van der Waals surface area contributed by atoms with Gasteiger partial charge in [0.05, 0.1) is 5.02 Å². The summed E-state index contributed by atoms with van der Waals surface area (Å²) in [4.78, 5) is 11.9. The molecule has 2 N–H and O–H groups in total. The van der Waals surface area contributed by atoms with Crippen molar-refractivity contribution < 1.29 is 9.53 Å². The van der Waals surface area contributed by atoms with Crippen LogP contribution in [-0.4, -0.2) is 25.1 Å². The lowest BCUT2D eigenvalue weighted by atomic mass is 10.2. The van der Waals surface area contributed by atoms with Gasteiger partial charge in [0.1, 0.15) is 5.75 Å². The molecular weight excluding hydrogens is 288 g/mol. The van der Waals surface area contributed by atoms with Crippen LogP contribution in [0.2, 0.25) is 5.02 Å². The molecule has 4 nitrogen and oxygen atoms in total. The van der Waals surface area contributed by atoms with Gasteiger partial charge in [-0.15, -0.1) is 0 Å². The first kappa shape index (κ1) is 17.8. The van der Waals surface area contributed by atoms with E-state index in [1.54, 1.807) is 13.0 Å². The number of hydrogen-bond donors (Lipinski definition) is 2. The second kappa shape index (κ2) is 9.64. The maximum absolute atomic E-state index is 11.9. The molecule has 1 atom stereocenters. The Morgan fingerprint density at radius 2 is 2.00 bits per heavy atom. The Balaban J connectivity index is 2.73. The fourth-order valence-corrected chi connectivity index (χ4v) is 2.09. The highest BCUT2D eigenvalue weighted by molar-refractivity contribution is 6.32. The minimum atomic E-state index is -0.568. The van der Waals surface area contributed by atoms with Crippen molar-refractivity contribution in [2.75, 3.05) is 13.1 Å². The van der Waals surface area contributed by atoms with Crippen LogP contribution in [0.15, 0.2) is 18.2 Å². The van der Waals surface area contributed by atoms with Crippen molar-refractivity contribution in [3.8, 4) is 5.75 Å². The van der Waals surface area contributed by atoms with Crippen molar-refractivity contribution >= 4 is 17.5 Å². The number of carbonyl (C=O) groups is 1. The van der Waals surface area contributed by atoms with Crippen molar-refractivity contribution in [2.45, 2.75) is 46.3 Å². The number of para-hydroxylation sites is 1. The Labute approximate surface area is 132 Å². The van der Waals surface area contributed by atoms with Crippen LogP contribution >= 0.6 is 11.6 Å². The van der Waals surface area contributed by atoms with Crippen molar-refractivity contribution in [1.82, 2.24) is 10.6 Å². The van der Waals surface area contributed by atoms with E-state index >= 15 is 0 Å². The summed E-state index contributed by atoms with van der Waals surface area (Å²) < 4.78 is 5.78. The lowest BCUT2D eigenvalue weighted by Crippen LogP contribution is -2.37. The van der Waals surface area contributed by atoms with Crippen LogP contribution in [0.1, 0.15) is 39.2 Å². The molecule has 0 saturated heterocycles. The van der Waals surface area contributed by atoms with E-state index in [4.69, 9.17) is 16.3 Å². The van der Waals surface area contributed by atoms with Gasteiger partial charge in [-0.3, -0.25) is 4.79 Å². The molecule has 1 aromatic rings. The molecule has 0 aliphatic carbocycles. The number of ether oxygens (including phenoxy) is 1. The Morgan fingerprint density at radius 3 is 2.67 bits per heavy atom. The van der Waals surface area contributed by atoms with Gasteiger partial charge in [0.2, 0.25) is 0 Å². The highest BCUT2D eigenvalue weighted by atomic mass is 35.5. The summed E-state index contributed by atoms with van der Waals surface area (Å²) in [5.41, 5.74) is 0.964. The monoisotopic (exact) mass is 312 g/mol. The quantitative estimate of drug-likeness (QED) is 0.689. The van der Waals surface area contributed by atoms with Gasteiger partial charge in [0.15, 0.2) is 6.10 Å². The second-order valence-corrected chi connectivity index (χ2v) is 5.36. The van der Waals surface area contributed by atoms with E-state index in [0.717, 1.165) is 24.9 Å². The van der Waals surface area contributed by atoms with Gasteiger partial charge >= 0.3 is 0 Å². The van der Waals surface area contributed by atoms with Crippen molar-refractivity contribution in [3.05, 3.63) is 28.8 Å². The summed E-state index contributed by atoms with van der Waals surface area (Å²) in [6.07, 6.45) is 1.39. The molecular formula is C16H25ClN2O2. The Hall–Kier alpha value is -1.26. The number of nitrogens with one attached hydrogen (secondary N) is 2. The normalized spacial score (nSPS) is 12.0. The maximum Gasteiger partial charge on any atom is 0.260 e. The third kappa shape index (κ3) is 5.94. The van der Waals surface area contributed by atoms with Crippen LogP contribution in [0.25, 0.3) is 0 Å². The molecule has 0 saturated carbocycles. The van der Waals surface area contributed by atoms with Gasteiger partial charge in [-0.2, -0.15) is 0 Å². The van der Waals surface area contributed by atoms with E-state index in [9.17, 15) is 4.79 Å². The van der Waals surface area contributed by atoms with Gasteiger partial charge in [0, 0.05) is 18.7 Å². The van der Waals surface area contributed by atoms with Crippen molar-refractivity contribution in [3.63, 3.8) is 0 Å². The molecule has 0 heterocycles. The zero-order chi connectivity index (χ0) is 15.7. The molecule has 0 radical (unpaired) electrons. The van der Waals surface area contributed by atoms with Gasteiger partial charge in [0.25, 0.3) is 5.91 Å². The van der Waals surface area contributed by atoms with E-state index in [1.165, 1.54) is 0 Å². The molecule has 1 aromatic carbocycles. The maximum atomic E-state index is 11.9. The predicted molar refractivity (Wildman–Crippen MR) is 86.8 cm³/mol. The smallest absolute Gasteiger partial charge is 0.260 e. The Bertz CT molecular complexity index is 452. The molecule has 0 aliphatic rings. The molecule has 1 unspecified atom stereocenters. The van der Waals surface area contributed by atoms with Crippen LogP contribution < -0.4 is 15.4 Å². The Kier molecular flexibility index (Phi) is 8.16. The molecule has 0 spiro atoms. The predicted octanol–water partition coefficient (Wildman–Crippen LogP) is 3.13. The summed E-state index contributed by atoms with van der Waals surface area (Å²) >= 11 is 6.21. The second-order valence-electron chi connectivity index (χ2n) is 4.96. The van der Waals surface area contributed by atoms with Crippen LogP contribution in [0.3, 0.4) is 0 Å². The molecule has 0 fully saturated rings. The zero-order valence-electron chi connectivity index (χ0n) is 13.0. The summed E-state index contributed by atoms with van der Waals surface area (Å²) in [7, 11) is 0. The van der Waals surface area contributed by atoms with Crippen molar-refractivity contribution in [2.24, 2.45) is 0 Å². The van der Waals surface area contributed by atoms with Gasteiger partial charge in [-0.25, -0.2) is 0 Å². The minimum absolute atomic E-state index is 0.121. The average Bonchev–Trinajstić information content (AvgIpc) is 2.48. The highest BCUT2D eigenvalue weighted by Crippen LogP contribution is 2.29. The third-order valence-corrected chi connectivity index (χ3v) is 3.30. The number of carbonyl (C=O) groups excluding carboxylic acids is 1. The molecule has 1 rings (SSSR count). The lowest BCUT2D eigenvalue weighted by molar-refractivity contribution is -0.127. The first-order chi connectivity index (χ1) is 10.1. The Morgan fingerprint density at radius 1 is 1.29 bits per heavy atom. The van der Waals surface area contributed by atoms with E-state index in [1.807, 2.05) is 19.1 Å². The summed E-state index contributed by atoms with van der Waals surface area (Å²) in [5, 5.41) is 6.67. The molecule has 21 heavy (non-hydrogen) atoms. The number of benzene rings is 1. The fraction of sp³-hybridized carbons (Fsp3) is 0.562. The first-order valence-electron chi connectivity index (χ1n) is 7.52. The summed E-state index contributed by atoms with van der Waals surface area (Å²) in [6.45, 7) is 8.11. The van der Waals surface area contributed by atoms with E-state index in [-0.39, 0.29) is 5.91 Å². The van der Waals surface area contributed by atoms with E-state index in [2.05, 4.69) is 17.6 Å². The van der Waals surface area contributed by atoms with Crippen LogP contribution in [0.4, 0.5) is 0 Å². The van der Waals surface area contributed by atoms with Crippen molar-refractivity contribution in [1.29, 1.82) is 0 Å². The summed E-state index contributed by atoms with van der Waals surface area (Å²) in [5.74, 6) is 0.464. The fourth-order valence-electron chi connectivity index (χ4n) is 1.85. The topological polar surface area (TPSA) is 50.4 Å². The highest BCUT2D eigenvalue weighted by Gasteiger charge is 2.17. The van der Waals surface area contributed by atoms with E-state index < -0.39 is 6.10 Å². The molecule has 0 aromatic heterocycles. The molecule has 0 bridgehead atoms. The van der Waals surface area contributed by atoms with Crippen LogP contribution in [0.5, 0.6) is 5.75 Å².